The lowest BCUT2D eigenvalue weighted by atomic mass is 10.2. The Kier molecular flexibility index (Phi) is 4.58. The predicted octanol–water partition coefficient (Wildman–Crippen LogP) is 0.480. The van der Waals surface area contributed by atoms with Crippen molar-refractivity contribution < 1.29 is 9.84 Å². The molecule has 1 unspecified atom stereocenters. The molecule has 1 atom stereocenters. The Morgan fingerprint density at radius 1 is 1.50 bits per heavy atom. The van der Waals surface area contributed by atoms with Gasteiger partial charge in [0.2, 0.25) is 0 Å². The minimum absolute atomic E-state index is 0.252. The molecule has 1 heterocycles. The van der Waals surface area contributed by atoms with Crippen LogP contribution in [0.4, 0.5) is 0 Å². The average molecular weight is 173 g/mol. The van der Waals surface area contributed by atoms with Crippen molar-refractivity contribution in [2.75, 3.05) is 33.4 Å². The van der Waals surface area contributed by atoms with Gasteiger partial charge in [-0.15, -0.1) is 0 Å². The van der Waals surface area contributed by atoms with Gasteiger partial charge < -0.3 is 14.7 Å². The Morgan fingerprint density at radius 2 is 2.33 bits per heavy atom. The van der Waals surface area contributed by atoms with Crippen LogP contribution in [0.15, 0.2) is 0 Å². The molecule has 1 N–H and O–H groups in total. The first-order chi connectivity index (χ1) is 5.83. The molecule has 0 aromatic rings. The minimum atomic E-state index is 0.252. The van der Waals surface area contributed by atoms with Gasteiger partial charge in [0.25, 0.3) is 0 Å². The third-order valence-corrected chi connectivity index (χ3v) is 2.34. The molecule has 1 aliphatic heterocycles. The van der Waals surface area contributed by atoms with E-state index in [4.69, 9.17) is 9.84 Å². The van der Waals surface area contributed by atoms with Crippen molar-refractivity contribution in [1.29, 1.82) is 0 Å². The fourth-order valence-electron chi connectivity index (χ4n) is 1.52. The first-order valence-corrected chi connectivity index (χ1v) is 4.74. The summed E-state index contributed by atoms with van der Waals surface area (Å²) in [6.45, 7) is 2.99. The minimum Gasteiger partial charge on any atom is -0.395 e. The van der Waals surface area contributed by atoms with Crippen molar-refractivity contribution in [2.24, 2.45) is 0 Å². The van der Waals surface area contributed by atoms with Gasteiger partial charge in [0.15, 0.2) is 0 Å². The Morgan fingerprint density at radius 3 is 2.92 bits per heavy atom. The van der Waals surface area contributed by atoms with Gasteiger partial charge in [-0.2, -0.15) is 0 Å². The molecule has 0 bridgehead atoms. The summed E-state index contributed by atoms with van der Waals surface area (Å²) in [5.41, 5.74) is 0. The number of aliphatic hydroxyl groups is 1. The summed E-state index contributed by atoms with van der Waals surface area (Å²) in [6.07, 6.45) is 4.02. The van der Waals surface area contributed by atoms with Crippen molar-refractivity contribution in [3.8, 4) is 0 Å². The molecule has 0 aromatic carbocycles. The molecule has 1 aliphatic rings. The smallest absolute Gasteiger partial charge is 0.0588 e. The molecule has 0 spiro atoms. The molecule has 1 rings (SSSR count). The molecule has 0 aliphatic carbocycles. The van der Waals surface area contributed by atoms with Crippen LogP contribution < -0.4 is 0 Å². The van der Waals surface area contributed by atoms with Crippen LogP contribution >= 0.6 is 0 Å². The van der Waals surface area contributed by atoms with Crippen LogP contribution in [0.2, 0.25) is 0 Å². The lowest BCUT2D eigenvalue weighted by Gasteiger charge is -2.17. The second-order valence-electron chi connectivity index (χ2n) is 3.45. The van der Waals surface area contributed by atoms with Crippen molar-refractivity contribution in [1.82, 2.24) is 4.90 Å². The summed E-state index contributed by atoms with van der Waals surface area (Å²) in [5, 5.41) is 8.66. The van der Waals surface area contributed by atoms with Crippen LogP contribution in [-0.2, 0) is 4.74 Å². The number of rotatable bonds is 5. The van der Waals surface area contributed by atoms with Crippen molar-refractivity contribution in [2.45, 2.75) is 25.4 Å². The monoisotopic (exact) mass is 173 g/mol. The Labute approximate surface area is 74.3 Å². The third kappa shape index (κ3) is 3.52. The zero-order valence-corrected chi connectivity index (χ0v) is 7.83. The van der Waals surface area contributed by atoms with E-state index in [9.17, 15) is 0 Å². The molecule has 72 valence electrons. The lowest BCUT2D eigenvalue weighted by Crippen LogP contribution is -2.25. The zero-order chi connectivity index (χ0) is 8.81. The quantitative estimate of drug-likeness (QED) is 0.656. The highest BCUT2D eigenvalue weighted by molar-refractivity contribution is 4.66. The normalized spacial score (nSPS) is 23.8. The summed E-state index contributed by atoms with van der Waals surface area (Å²) in [6, 6.07) is 0. The van der Waals surface area contributed by atoms with Crippen molar-refractivity contribution in [3.63, 3.8) is 0 Å². The maximum atomic E-state index is 8.66. The Balaban J connectivity index is 1.99. The first kappa shape index (κ1) is 9.96. The van der Waals surface area contributed by atoms with E-state index in [0.717, 1.165) is 26.1 Å². The number of nitrogens with zero attached hydrogens (tertiary/aromatic N) is 1. The summed E-state index contributed by atoms with van der Waals surface area (Å²) in [4.78, 5) is 2.14. The summed E-state index contributed by atoms with van der Waals surface area (Å²) in [5.74, 6) is 0. The lowest BCUT2D eigenvalue weighted by molar-refractivity contribution is 0.0927. The maximum Gasteiger partial charge on any atom is 0.0588 e. The van der Waals surface area contributed by atoms with Gasteiger partial charge in [0, 0.05) is 19.7 Å². The highest BCUT2D eigenvalue weighted by Crippen LogP contribution is 2.15. The Hall–Kier alpha value is -0.120. The van der Waals surface area contributed by atoms with Crippen LogP contribution in [0, 0.1) is 0 Å². The molecule has 3 nitrogen and oxygen atoms in total. The van der Waals surface area contributed by atoms with E-state index in [-0.39, 0.29) is 6.61 Å². The molecule has 3 heteroatoms. The van der Waals surface area contributed by atoms with Gasteiger partial charge in [-0.05, 0) is 26.3 Å². The van der Waals surface area contributed by atoms with E-state index in [1.165, 1.54) is 12.8 Å². The topological polar surface area (TPSA) is 32.7 Å². The third-order valence-electron chi connectivity index (χ3n) is 2.34. The zero-order valence-electron chi connectivity index (χ0n) is 7.83. The van der Waals surface area contributed by atoms with Gasteiger partial charge >= 0.3 is 0 Å². The van der Waals surface area contributed by atoms with E-state index < -0.39 is 0 Å². The molecule has 0 radical (unpaired) electrons. The molecule has 12 heavy (non-hydrogen) atoms. The molecule has 0 aromatic heterocycles. The van der Waals surface area contributed by atoms with Crippen LogP contribution in [0.25, 0.3) is 0 Å². The van der Waals surface area contributed by atoms with Crippen molar-refractivity contribution in [3.05, 3.63) is 0 Å². The van der Waals surface area contributed by atoms with Gasteiger partial charge in [-0.1, -0.05) is 0 Å². The fraction of sp³-hybridized carbons (Fsp3) is 1.00. The first-order valence-electron chi connectivity index (χ1n) is 4.74. The molecular formula is C9H19NO2. The standard InChI is InChI=1S/C9H19NO2/c1-10(6-7-11)5-4-9-3-2-8-12-9/h9,11H,2-8H2,1H3. The van der Waals surface area contributed by atoms with E-state index in [0.29, 0.717) is 6.10 Å². The number of aliphatic hydroxyl groups excluding tert-OH is 1. The highest BCUT2D eigenvalue weighted by Gasteiger charge is 2.15. The summed E-state index contributed by atoms with van der Waals surface area (Å²) in [7, 11) is 2.03. The molecule has 1 fully saturated rings. The second kappa shape index (κ2) is 5.51. The average Bonchev–Trinajstić information content (AvgIpc) is 2.53. The molecule has 1 saturated heterocycles. The number of ether oxygens (including phenoxy) is 1. The number of hydrogen-bond donors (Lipinski definition) is 1. The van der Waals surface area contributed by atoms with Gasteiger partial charge in [0.05, 0.1) is 12.7 Å². The van der Waals surface area contributed by atoms with E-state index in [2.05, 4.69) is 4.90 Å². The van der Waals surface area contributed by atoms with E-state index >= 15 is 0 Å². The molecule has 0 amide bonds. The molecule has 0 saturated carbocycles. The number of hydrogen-bond acceptors (Lipinski definition) is 3. The van der Waals surface area contributed by atoms with E-state index in [1.807, 2.05) is 7.05 Å². The maximum absolute atomic E-state index is 8.66. The number of likely N-dealkylation sites (N-methyl/N-ethyl adjacent to an activating group) is 1. The van der Waals surface area contributed by atoms with Crippen LogP contribution in [-0.4, -0.2) is 49.5 Å². The highest BCUT2D eigenvalue weighted by atomic mass is 16.5. The summed E-state index contributed by atoms with van der Waals surface area (Å²) >= 11 is 0. The van der Waals surface area contributed by atoms with Gasteiger partial charge in [-0.3, -0.25) is 0 Å². The largest absolute Gasteiger partial charge is 0.395 e. The fourth-order valence-corrected chi connectivity index (χ4v) is 1.52. The predicted molar refractivity (Wildman–Crippen MR) is 48.2 cm³/mol. The summed E-state index contributed by atoms with van der Waals surface area (Å²) < 4.78 is 5.49. The van der Waals surface area contributed by atoms with Gasteiger partial charge in [-0.25, -0.2) is 0 Å². The molecular weight excluding hydrogens is 154 g/mol. The SMILES string of the molecule is CN(CCO)CCC1CCCO1. The second-order valence-corrected chi connectivity index (χ2v) is 3.45. The Bertz CT molecular complexity index is 113. The van der Waals surface area contributed by atoms with Crippen LogP contribution in [0.5, 0.6) is 0 Å². The van der Waals surface area contributed by atoms with Crippen LogP contribution in [0.1, 0.15) is 19.3 Å². The van der Waals surface area contributed by atoms with Crippen LogP contribution in [0.3, 0.4) is 0 Å². The van der Waals surface area contributed by atoms with Gasteiger partial charge in [0.1, 0.15) is 0 Å². The van der Waals surface area contributed by atoms with Crippen molar-refractivity contribution >= 4 is 0 Å². The van der Waals surface area contributed by atoms with E-state index in [1.54, 1.807) is 0 Å².